The highest BCUT2D eigenvalue weighted by Gasteiger charge is 2.27. The highest BCUT2D eigenvalue weighted by Crippen LogP contribution is 2.16. The number of hydrogen-bond acceptors (Lipinski definition) is 5. The molecule has 0 fully saturated rings. The van der Waals surface area contributed by atoms with Gasteiger partial charge in [0, 0.05) is 0 Å². The number of unbranched alkanes of at least 4 members (excludes halogenated alkanes) is 28. The van der Waals surface area contributed by atoms with E-state index in [9.17, 15) is 28.0 Å². The Balaban J connectivity index is 4.03. The van der Waals surface area contributed by atoms with Gasteiger partial charge in [0.05, 0.1) is 17.9 Å². The minimum atomic E-state index is -4.43. The summed E-state index contributed by atoms with van der Waals surface area (Å²) in [5, 5.41) is 23.4. The lowest BCUT2D eigenvalue weighted by Crippen LogP contribution is -2.50. The average Bonchev–Trinajstić information content (AvgIpc) is 3.05. The van der Waals surface area contributed by atoms with Crippen LogP contribution in [0, 0.1) is 0 Å². The molecule has 8 heteroatoms. The molecule has 48 heavy (non-hydrogen) atoms. The number of rotatable bonds is 37. The molecular weight excluding hydrogens is 623 g/mol. The van der Waals surface area contributed by atoms with Crippen molar-refractivity contribution in [3.63, 3.8) is 0 Å². The van der Waals surface area contributed by atoms with Crippen LogP contribution in [-0.2, 0) is 14.9 Å². The van der Waals surface area contributed by atoms with Crippen molar-refractivity contribution < 1.29 is 28.0 Å². The van der Waals surface area contributed by atoms with Gasteiger partial charge in [-0.1, -0.05) is 206 Å². The zero-order valence-electron chi connectivity index (χ0n) is 31.5. The first kappa shape index (κ1) is 47.0. The van der Waals surface area contributed by atoms with Crippen molar-refractivity contribution in [2.24, 2.45) is 0 Å². The standard InChI is InChI=1S/C40H79NO6S/c1-3-5-7-9-11-13-15-17-19-21-22-24-26-28-30-32-34-38(42)37(36-48(45,46)47)41-40(44)39(43)35-33-31-29-27-25-23-20-18-16-14-12-10-8-6-4-2/h32,34,37-39,42-43H,3-31,33,35-36H2,1-2H3,(H,41,44)(H,45,46,47)/b34-32+. The number of aliphatic hydroxyl groups excluding tert-OH is 2. The quantitative estimate of drug-likeness (QED) is 0.0290. The number of aliphatic hydroxyl groups is 2. The van der Waals surface area contributed by atoms with E-state index >= 15 is 0 Å². The zero-order chi connectivity index (χ0) is 35.6. The second kappa shape index (κ2) is 34.5. The van der Waals surface area contributed by atoms with Gasteiger partial charge in [-0.05, 0) is 19.3 Å². The van der Waals surface area contributed by atoms with Crippen LogP contribution in [0.3, 0.4) is 0 Å². The Morgan fingerprint density at radius 3 is 1.25 bits per heavy atom. The summed E-state index contributed by atoms with van der Waals surface area (Å²) in [6.45, 7) is 4.51. The van der Waals surface area contributed by atoms with Crippen LogP contribution in [0.25, 0.3) is 0 Å². The average molecular weight is 702 g/mol. The molecule has 0 radical (unpaired) electrons. The lowest BCUT2D eigenvalue weighted by molar-refractivity contribution is -0.130. The van der Waals surface area contributed by atoms with E-state index in [1.807, 2.05) is 0 Å². The summed E-state index contributed by atoms with van der Waals surface area (Å²) in [6.07, 6.45) is 38.3. The maximum atomic E-state index is 12.6. The van der Waals surface area contributed by atoms with E-state index in [4.69, 9.17) is 0 Å². The Morgan fingerprint density at radius 1 is 0.562 bits per heavy atom. The van der Waals surface area contributed by atoms with E-state index in [1.165, 1.54) is 154 Å². The SMILES string of the molecule is CCCCCCCCCCCCCCCC/C=C/C(O)C(CS(=O)(=O)O)NC(=O)C(O)CCCCCCCCCCCCCCCCC. The van der Waals surface area contributed by atoms with Gasteiger partial charge < -0.3 is 15.5 Å². The van der Waals surface area contributed by atoms with Gasteiger partial charge in [-0.15, -0.1) is 0 Å². The number of carbonyl (C=O) groups excluding carboxylic acids is 1. The molecular formula is C40H79NO6S. The zero-order valence-corrected chi connectivity index (χ0v) is 32.3. The Labute approximate surface area is 297 Å². The molecule has 286 valence electrons. The van der Waals surface area contributed by atoms with Crippen LogP contribution in [0.2, 0.25) is 0 Å². The van der Waals surface area contributed by atoms with Crippen molar-refractivity contribution in [3.05, 3.63) is 12.2 Å². The lowest BCUT2D eigenvalue weighted by Gasteiger charge is -2.22. The molecule has 0 spiro atoms. The number of hydrogen-bond donors (Lipinski definition) is 4. The van der Waals surface area contributed by atoms with Crippen LogP contribution in [0.4, 0.5) is 0 Å². The summed E-state index contributed by atoms with van der Waals surface area (Å²) in [6, 6.07) is -1.23. The van der Waals surface area contributed by atoms with E-state index in [2.05, 4.69) is 19.2 Å². The predicted molar refractivity (Wildman–Crippen MR) is 204 cm³/mol. The first-order valence-electron chi connectivity index (χ1n) is 20.5. The largest absolute Gasteiger partial charge is 0.387 e. The summed E-state index contributed by atoms with van der Waals surface area (Å²) in [5.74, 6) is -1.53. The van der Waals surface area contributed by atoms with Gasteiger partial charge in [0.25, 0.3) is 10.1 Å². The maximum absolute atomic E-state index is 12.6. The summed E-state index contributed by atoms with van der Waals surface area (Å²) < 4.78 is 32.5. The van der Waals surface area contributed by atoms with Crippen molar-refractivity contribution in [1.29, 1.82) is 0 Å². The molecule has 0 aromatic carbocycles. The lowest BCUT2D eigenvalue weighted by atomic mass is 10.0. The molecule has 0 aliphatic rings. The van der Waals surface area contributed by atoms with E-state index < -0.39 is 40.0 Å². The van der Waals surface area contributed by atoms with Crippen LogP contribution < -0.4 is 5.32 Å². The molecule has 0 aromatic rings. The molecule has 7 nitrogen and oxygen atoms in total. The molecule has 0 aliphatic heterocycles. The molecule has 0 rings (SSSR count). The second-order valence-electron chi connectivity index (χ2n) is 14.4. The highest BCUT2D eigenvalue weighted by molar-refractivity contribution is 7.85. The predicted octanol–water partition coefficient (Wildman–Crippen LogP) is 10.8. The molecule has 0 aromatic heterocycles. The van der Waals surface area contributed by atoms with Gasteiger partial charge in [-0.25, -0.2) is 0 Å². The van der Waals surface area contributed by atoms with E-state index in [-0.39, 0.29) is 6.42 Å². The molecule has 1 amide bonds. The van der Waals surface area contributed by atoms with E-state index in [0.29, 0.717) is 6.42 Å². The summed E-state index contributed by atoms with van der Waals surface area (Å²) in [5.41, 5.74) is 0. The maximum Gasteiger partial charge on any atom is 0.267 e. The van der Waals surface area contributed by atoms with Gasteiger partial charge in [0.1, 0.15) is 6.10 Å². The van der Waals surface area contributed by atoms with Gasteiger partial charge >= 0.3 is 0 Å². The van der Waals surface area contributed by atoms with Crippen LogP contribution in [0.1, 0.15) is 213 Å². The van der Waals surface area contributed by atoms with Crippen molar-refractivity contribution >= 4 is 16.0 Å². The Kier molecular flexibility index (Phi) is 33.8. The van der Waals surface area contributed by atoms with Crippen LogP contribution in [0.5, 0.6) is 0 Å². The van der Waals surface area contributed by atoms with Gasteiger partial charge in [-0.3, -0.25) is 9.35 Å². The van der Waals surface area contributed by atoms with Crippen LogP contribution in [-0.4, -0.2) is 53.1 Å². The Bertz CT molecular complexity index is 834. The number of allylic oxidation sites excluding steroid dienone is 1. The van der Waals surface area contributed by atoms with Crippen molar-refractivity contribution in [3.8, 4) is 0 Å². The Hall–Kier alpha value is -0.960. The minimum Gasteiger partial charge on any atom is -0.387 e. The molecule has 0 bridgehead atoms. The van der Waals surface area contributed by atoms with Gasteiger partial charge in [0.2, 0.25) is 5.91 Å². The molecule has 0 aliphatic carbocycles. The minimum absolute atomic E-state index is 0.285. The molecule has 4 N–H and O–H groups in total. The van der Waals surface area contributed by atoms with E-state index in [1.54, 1.807) is 6.08 Å². The Morgan fingerprint density at radius 2 is 0.896 bits per heavy atom. The number of nitrogens with one attached hydrogen (secondary N) is 1. The highest BCUT2D eigenvalue weighted by atomic mass is 32.2. The third-order valence-electron chi connectivity index (χ3n) is 9.57. The summed E-state index contributed by atoms with van der Waals surface area (Å²) in [7, 11) is -4.43. The topological polar surface area (TPSA) is 124 Å². The van der Waals surface area contributed by atoms with E-state index in [0.717, 1.165) is 38.5 Å². The summed E-state index contributed by atoms with van der Waals surface area (Å²) in [4.78, 5) is 12.6. The molecule has 3 unspecified atom stereocenters. The first-order valence-corrected chi connectivity index (χ1v) is 22.1. The van der Waals surface area contributed by atoms with Crippen molar-refractivity contribution in [2.75, 3.05) is 5.75 Å². The molecule has 0 saturated carbocycles. The van der Waals surface area contributed by atoms with Crippen molar-refractivity contribution in [1.82, 2.24) is 5.32 Å². The first-order chi connectivity index (χ1) is 23.2. The third kappa shape index (κ3) is 33.5. The second-order valence-corrected chi connectivity index (χ2v) is 15.9. The fraction of sp³-hybridized carbons (Fsp3) is 0.925. The van der Waals surface area contributed by atoms with Crippen molar-refractivity contribution in [2.45, 2.75) is 231 Å². The van der Waals surface area contributed by atoms with Crippen LogP contribution >= 0.6 is 0 Å². The monoisotopic (exact) mass is 702 g/mol. The normalized spacial score (nSPS) is 14.0. The molecule has 0 saturated heterocycles. The van der Waals surface area contributed by atoms with Crippen LogP contribution in [0.15, 0.2) is 12.2 Å². The fourth-order valence-corrected chi connectivity index (χ4v) is 7.13. The molecule has 3 atom stereocenters. The third-order valence-corrected chi connectivity index (χ3v) is 10.4. The fourth-order valence-electron chi connectivity index (χ4n) is 6.40. The number of amides is 1. The molecule has 0 heterocycles. The number of carbonyl (C=O) groups is 1. The smallest absolute Gasteiger partial charge is 0.267 e. The van der Waals surface area contributed by atoms with Gasteiger partial charge in [0.15, 0.2) is 0 Å². The van der Waals surface area contributed by atoms with Gasteiger partial charge in [-0.2, -0.15) is 8.42 Å². The summed E-state index contributed by atoms with van der Waals surface area (Å²) >= 11 is 0.